The molecule has 0 spiro atoms. The molecule has 1 N–H and O–H groups in total. The van der Waals surface area contributed by atoms with Gasteiger partial charge in [0.1, 0.15) is 0 Å². The molecule has 0 saturated carbocycles. The van der Waals surface area contributed by atoms with Crippen LogP contribution in [0.4, 0.5) is 5.69 Å². The van der Waals surface area contributed by atoms with Crippen molar-refractivity contribution in [3.05, 3.63) is 53.9 Å². The minimum atomic E-state index is -0.207. The number of aryl methyl sites for hydroxylation is 1. The maximum atomic E-state index is 12.1. The van der Waals surface area contributed by atoms with Crippen molar-refractivity contribution < 1.29 is 9.32 Å². The molecule has 0 unspecified atom stereocenters. The minimum absolute atomic E-state index is 0.207. The summed E-state index contributed by atoms with van der Waals surface area (Å²) in [5.41, 5.74) is 2.38. The van der Waals surface area contributed by atoms with E-state index in [1.165, 1.54) is 6.20 Å². The summed E-state index contributed by atoms with van der Waals surface area (Å²) in [4.78, 5) is 16.2. The molecule has 1 aromatic carbocycles. The number of carbonyl (C=O) groups excluding carboxylic acids is 1. The molecule has 94 valence electrons. The van der Waals surface area contributed by atoms with Gasteiger partial charge in [-0.05, 0) is 25.1 Å². The van der Waals surface area contributed by atoms with Gasteiger partial charge < -0.3 is 9.84 Å². The molecule has 0 aliphatic rings. The molecule has 5 heteroatoms. The molecule has 0 bridgehead atoms. The molecule has 5 nitrogen and oxygen atoms in total. The van der Waals surface area contributed by atoms with Crippen molar-refractivity contribution in [1.82, 2.24) is 10.1 Å². The highest BCUT2D eigenvalue weighted by atomic mass is 16.5. The second-order valence-corrected chi connectivity index (χ2v) is 4.16. The van der Waals surface area contributed by atoms with Crippen LogP contribution >= 0.6 is 0 Å². The SMILES string of the molecule is Cc1noc2ncc(C(=O)Nc3ccccc3)cc12. The topological polar surface area (TPSA) is 68.0 Å². The van der Waals surface area contributed by atoms with E-state index >= 15 is 0 Å². The molecule has 2 aromatic heterocycles. The molecule has 0 atom stereocenters. The lowest BCUT2D eigenvalue weighted by Crippen LogP contribution is -2.11. The normalized spacial score (nSPS) is 10.6. The van der Waals surface area contributed by atoms with Gasteiger partial charge in [-0.25, -0.2) is 4.98 Å². The molecule has 0 aliphatic carbocycles. The van der Waals surface area contributed by atoms with Gasteiger partial charge in [-0.1, -0.05) is 23.4 Å². The van der Waals surface area contributed by atoms with Crippen LogP contribution in [-0.2, 0) is 0 Å². The molecular weight excluding hydrogens is 242 g/mol. The number of rotatable bonds is 2. The molecule has 0 radical (unpaired) electrons. The average Bonchev–Trinajstić information content (AvgIpc) is 2.81. The van der Waals surface area contributed by atoms with Crippen molar-refractivity contribution >= 4 is 22.7 Å². The number of hydrogen-bond donors (Lipinski definition) is 1. The molecule has 0 saturated heterocycles. The number of fused-ring (bicyclic) bond motifs is 1. The Balaban J connectivity index is 1.91. The molecule has 3 aromatic rings. The van der Waals surface area contributed by atoms with E-state index in [1.54, 1.807) is 6.07 Å². The van der Waals surface area contributed by atoms with Crippen molar-refractivity contribution in [3.63, 3.8) is 0 Å². The number of hydrogen-bond acceptors (Lipinski definition) is 4. The van der Waals surface area contributed by atoms with E-state index in [4.69, 9.17) is 4.52 Å². The van der Waals surface area contributed by atoms with Crippen molar-refractivity contribution in [2.45, 2.75) is 6.92 Å². The number of amides is 1. The van der Waals surface area contributed by atoms with Crippen LogP contribution in [0.5, 0.6) is 0 Å². The van der Waals surface area contributed by atoms with Gasteiger partial charge in [-0.3, -0.25) is 4.79 Å². The summed E-state index contributed by atoms with van der Waals surface area (Å²) in [6.45, 7) is 1.81. The van der Waals surface area contributed by atoms with Crippen LogP contribution in [0.3, 0.4) is 0 Å². The molecule has 2 heterocycles. The Hall–Kier alpha value is -2.69. The van der Waals surface area contributed by atoms with Crippen LogP contribution in [-0.4, -0.2) is 16.0 Å². The molecule has 0 fully saturated rings. The molecule has 3 rings (SSSR count). The van der Waals surface area contributed by atoms with E-state index in [2.05, 4.69) is 15.5 Å². The van der Waals surface area contributed by atoms with E-state index in [-0.39, 0.29) is 5.91 Å². The highest BCUT2D eigenvalue weighted by Crippen LogP contribution is 2.17. The highest BCUT2D eigenvalue weighted by Gasteiger charge is 2.11. The zero-order valence-corrected chi connectivity index (χ0v) is 10.3. The second kappa shape index (κ2) is 4.53. The average molecular weight is 253 g/mol. The lowest BCUT2D eigenvalue weighted by molar-refractivity contribution is 0.102. The summed E-state index contributed by atoms with van der Waals surface area (Å²) < 4.78 is 5.01. The summed E-state index contributed by atoms with van der Waals surface area (Å²) in [7, 11) is 0. The van der Waals surface area contributed by atoms with Gasteiger partial charge in [0.25, 0.3) is 11.6 Å². The summed E-state index contributed by atoms with van der Waals surface area (Å²) in [6.07, 6.45) is 1.48. The van der Waals surface area contributed by atoms with Crippen molar-refractivity contribution in [2.75, 3.05) is 5.32 Å². The lowest BCUT2D eigenvalue weighted by Gasteiger charge is -2.04. The van der Waals surface area contributed by atoms with E-state index in [0.29, 0.717) is 11.3 Å². The zero-order chi connectivity index (χ0) is 13.2. The summed E-state index contributed by atoms with van der Waals surface area (Å²) in [5, 5.41) is 7.37. The van der Waals surface area contributed by atoms with Gasteiger partial charge in [-0.15, -0.1) is 0 Å². The lowest BCUT2D eigenvalue weighted by atomic mass is 10.2. The van der Waals surface area contributed by atoms with Gasteiger partial charge in [0.15, 0.2) is 0 Å². The van der Waals surface area contributed by atoms with Crippen LogP contribution in [0.25, 0.3) is 11.1 Å². The van der Waals surface area contributed by atoms with E-state index in [1.807, 2.05) is 37.3 Å². The van der Waals surface area contributed by atoms with Gasteiger partial charge in [0.2, 0.25) is 0 Å². The fourth-order valence-corrected chi connectivity index (χ4v) is 1.79. The zero-order valence-electron chi connectivity index (χ0n) is 10.3. The molecule has 1 amide bonds. The van der Waals surface area contributed by atoms with Crippen molar-refractivity contribution in [2.24, 2.45) is 0 Å². The van der Waals surface area contributed by atoms with Crippen LogP contribution in [0.2, 0.25) is 0 Å². The number of pyridine rings is 1. The third-order valence-corrected chi connectivity index (χ3v) is 2.80. The van der Waals surface area contributed by atoms with Crippen molar-refractivity contribution in [1.29, 1.82) is 0 Å². The maximum absolute atomic E-state index is 12.1. The Morgan fingerprint density at radius 3 is 2.84 bits per heavy atom. The number of carbonyl (C=O) groups is 1. The van der Waals surface area contributed by atoms with Gasteiger partial charge >= 0.3 is 0 Å². The summed E-state index contributed by atoms with van der Waals surface area (Å²) in [6, 6.07) is 11.0. The van der Waals surface area contributed by atoms with Crippen LogP contribution in [0, 0.1) is 6.92 Å². The Labute approximate surface area is 109 Å². The van der Waals surface area contributed by atoms with Gasteiger partial charge in [0.05, 0.1) is 16.6 Å². The predicted molar refractivity (Wildman–Crippen MR) is 70.9 cm³/mol. The highest BCUT2D eigenvalue weighted by molar-refractivity contribution is 6.05. The van der Waals surface area contributed by atoms with Crippen LogP contribution in [0.1, 0.15) is 16.1 Å². The number of anilines is 1. The number of nitrogens with one attached hydrogen (secondary N) is 1. The molecule has 19 heavy (non-hydrogen) atoms. The van der Waals surface area contributed by atoms with Gasteiger partial charge in [-0.2, -0.15) is 0 Å². The number of para-hydroxylation sites is 1. The smallest absolute Gasteiger partial charge is 0.257 e. The summed E-state index contributed by atoms with van der Waals surface area (Å²) >= 11 is 0. The Kier molecular flexibility index (Phi) is 2.72. The Morgan fingerprint density at radius 2 is 2.05 bits per heavy atom. The van der Waals surface area contributed by atoms with E-state index in [0.717, 1.165) is 16.8 Å². The van der Waals surface area contributed by atoms with E-state index in [9.17, 15) is 4.79 Å². The molecule has 0 aliphatic heterocycles. The van der Waals surface area contributed by atoms with Crippen LogP contribution in [0.15, 0.2) is 47.1 Å². The molecular formula is C14H11N3O2. The monoisotopic (exact) mass is 253 g/mol. The maximum Gasteiger partial charge on any atom is 0.257 e. The fraction of sp³-hybridized carbons (Fsp3) is 0.0714. The first-order valence-electron chi connectivity index (χ1n) is 5.82. The Morgan fingerprint density at radius 1 is 1.26 bits per heavy atom. The third-order valence-electron chi connectivity index (χ3n) is 2.80. The predicted octanol–water partition coefficient (Wildman–Crippen LogP) is 2.78. The van der Waals surface area contributed by atoms with Crippen molar-refractivity contribution in [3.8, 4) is 0 Å². The largest absolute Gasteiger partial charge is 0.336 e. The quantitative estimate of drug-likeness (QED) is 0.762. The summed E-state index contributed by atoms with van der Waals surface area (Å²) in [5.74, 6) is -0.207. The van der Waals surface area contributed by atoms with Gasteiger partial charge in [0, 0.05) is 11.9 Å². The number of benzene rings is 1. The minimum Gasteiger partial charge on any atom is -0.336 e. The Bertz CT molecular complexity index is 735. The standard InChI is InChI=1S/C14H11N3O2/c1-9-12-7-10(8-15-14(12)19-17-9)13(18)16-11-5-3-2-4-6-11/h2-8H,1H3,(H,16,18). The number of aromatic nitrogens is 2. The third kappa shape index (κ3) is 2.18. The fourth-order valence-electron chi connectivity index (χ4n) is 1.79. The first-order chi connectivity index (χ1) is 9.24. The number of nitrogens with zero attached hydrogens (tertiary/aromatic N) is 2. The first kappa shape index (κ1) is 11.4. The second-order valence-electron chi connectivity index (χ2n) is 4.16. The van der Waals surface area contributed by atoms with Crippen LogP contribution < -0.4 is 5.32 Å². The first-order valence-corrected chi connectivity index (χ1v) is 5.82. The van der Waals surface area contributed by atoms with E-state index < -0.39 is 0 Å².